The summed E-state index contributed by atoms with van der Waals surface area (Å²) in [5, 5.41) is 0. The maximum Gasteiger partial charge on any atom is 0.229 e. The molecule has 6 heteroatoms. The Labute approximate surface area is 100 Å². The largest absolute Gasteiger partial charge is 0.369 e. The summed E-state index contributed by atoms with van der Waals surface area (Å²) in [5.74, 6) is -0.318. The van der Waals surface area contributed by atoms with E-state index >= 15 is 0 Å². The average Bonchev–Trinajstić information content (AvgIpc) is 2.97. The van der Waals surface area contributed by atoms with Crippen molar-refractivity contribution >= 4 is 21.6 Å². The first-order chi connectivity index (χ1) is 7.83. The summed E-state index contributed by atoms with van der Waals surface area (Å²) in [5.41, 5.74) is 6.16. The zero-order chi connectivity index (χ0) is 12.7. The first-order valence-electron chi connectivity index (χ1n) is 5.22. The Morgan fingerprint density at radius 1 is 1.29 bits per heavy atom. The van der Waals surface area contributed by atoms with Gasteiger partial charge in [0.25, 0.3) is 0 Å². The molecule has 0 aromatic heterocycles. The third kappa shape index (κ3) is 2.41. The van der Waals surface area contributed by atoms with Crippen LogP contribution in [0, 0.1) is 0 Å². The summed E-state index contributed by atoms with van der Waals surface area (Å²) >= 11 is 0. The molecule has 0 heterocycles. The molecule has 0 saturated heterocycles. The predicted molar refractivity (Wildman–Crippen MR) is 65.0 cm³/mol. The third-order valence-corrected chi connectivity index (χ3v) is 3.57. The molecule has 0 aliphatic heterocycles. The van der Waals surface area contributed by atoms with Crippen LogP contribution in [0.15, 0.2) is 24.3 Å². The average molecular weight is 254 g/mol. The Balaban J connectivity index is 2.22. The van der Waals surface area contributed by atoms with Gasteiger partial charge >= 0.3 is 0 Å². The molecule has 0 atom stereocenters. The van der Waals surface area contributed by atoms with Gasteiger partial charge in [0.1, 0.15) is 0 Å². The van der Waals surface area contributed by atoms with Crippen molar-refractivity contribution in [1.29, 1.82) is 0 Å². The van der Waals surface area contributed by atoms with Crippen molar-refractivity contribution in [2.24, 2.45) is 5.73 Å². The summed E-state index contributed by atoms with van der Waals surface area (Å²) in [4.78, 5) is 11.3. The lowest BCUT2D eigenvalue weighted by molar-refractivity contribution is -0.120. The minimum atomic E-state index is -3.27. The summed E-state index contributed by atoms with van der Waals surface area (Å²) in [6.45, 7) is 0. The standard InChI is InChI=1S/C11H14N2O3S/c1-17(15,16)13-9-4-2-8(3-5-9)11(6-7-11)10(12)14/h2-5,13H,6-7H2,1H3,(H2,12,14). The van der Waals surface area contributed by atoms with E-state index in [1.807, 2.05) is 0 Å². The maximum absolute atomic E-state index is 11.3. The number of carbonyl (C=O) groups excluding carboxylic acids is 1. The maximum atomic E-state index is 11.3. The quantitative estimate of drug-likeness (QED) is 0.823. The lowest BCUT2D eigenvalue weighted by Crippen LogP contribution is -2.28. The molecule has 17 heavy (non-hydrogen) atoms. The second kappa shape index (κ2) is 3.73. The summed E-state index contributed by atoms with van der Waals surface area (Å²) in [6, 6.07) is 6.76. The number of primary amides is 1. The van der Waals surface area contributed by atoms with E-state index in [9.17, 15) is 13.2 Å². The van der Waals surface area contributed by atoms with Crippen molar-refractivity contribution in [2.45, 2.75) is 18.3 Å². The third-order valence-electron chi connectivity index (χ3n) is 2.96. The van der Waals surface area contributed by atoms with E-state index in [1.54, 1.807) is 24.3 Å². The van der Waals surface area contributed by atoms with Gasteiger partial charge in [-0.1, -0.05) is 12.1 Å². The highest BCUT2D eigenvalue weighted by atomic mass is 32.2. The van der Waals surface area contributed by atoms with Crippen molar-refractivity contribution in [3.8, 4) is 0 Å². The van der Waals surface area contributed by atoms with Crippen molar-refractivity contribution in [2.75, 3.05) is 11.0 Å². The van der Waals surface area contributed by atoms with Gasteiger partial charge in [0.15, 0.2) is 0 Å². The van der Waals surface area contributed by atoms with Crippen molar-refractivity contribution < 1.29 is 13.2 Å². The molecular weight excluding hydrogens is 240 g/mol. The van der Waals surface area contributed by atoms with E-state index in [-0.39, 0.29) is 5.91 Å². The molecule has 1 amide bonds. The highest BCUT2D eigenvalue weighted by Gasteiger charge is 2.49. The predicted octanol–water partition coefficient (Wildman–Crippen LogP) is 0.575. The topological polar surface area (TPSA) is 89.3 Å². The van der Waals surface area contributed by atoms with Gasteiger partial charge in [-0.3, -0.25) is 9.52 Å². The van der Waals surface area contributed by atoms with Crippen LogP contribution in [0.5, 0.6) is 0 Å². The van der Waals surface area contributed by atoms with E-state index in [2.05, 4.69) is 4.72 Å². The highest BCUT2D eigenvalue weighted by molar-refractivity contribution is 7.92. The number of hydrogen-bond acceptors (Lipinski definition) is 3. The number of anilines is 1. The molecule has 2 rings (SSSR count). The van der Waals surface area contributed by atoms with Crippen LogP contribution in [0.1, 0.15) is 18.4 Å². The Morgan fingerprint density at radius 2 is 1.82 bits per heavy atom. The number of sulfonamides is 1. The van der Waals surface area contributed by atoms with Crippen LogP contribution >= 0.6 is 0 Å². The molecule has 1 saturated carbocycles. The van der Waals surface area contributed by atoms with Gasteiger partial charge in [-0.05, 0) is 30.5 Å². The van der Waals surface area contributed by atoms with Crippen molar-refractivity contribution in [3.63, 3.8) is 0 Å². The molecular formula is C11H14N2O3S. The first-order valence-corrected chi connectivity index (χ1v) is 7.11. The minimum absolute atomic E-state index is 0.318. The minimum Gasteiger partial charge on any atom is -0.369 e. The smallest absolute Gasteiger partial charge is 0.229 e. The second-order valence-electron chi connectivity index (χ2n) is 4.40. The summed E-state index contributed by atoms with van der Waals surface area (Å²) in [7, 11) is -3.27. The fourth-order valence-electron chi connectivity index (χ4n) is 1.87. The Kier molecular flexibility index (Phi) is 2.61. The number of hydrogen-bond donors (Lipinski definition) is 2. The SMILES string of the molecule is CS(=O)(=O)Nc1ccc(C2(C(N)=O)CC2)cc1. The molecule has 0 spiro atoms. The first kappa shape index (κ1) is 11.9. The van der Waals surface area contributed by atoms with Crippen LogP contribution in [0.3, 0.4) is 0 Å². The van der Waals surface area contributed by atoms with E-state index < -0.39 is 15.4 Å². The number of nitrogens with two attached hydrogens (primary N) is 1. The number of carbonyl (C=O) groups is 1. The van der Waals surface area contributed by atoms with E-state index in [0.29, 0.717) is 5.69 Å². The second-order valence-corrected chi connectivity index (χ2v) is 6.15. The summed E-state index contributed by atoms with van der Waals surface area (Å²) in [6.07, 6.45) is 2.62. The van der Waals surface area contributed by atoms with E-state index in [4.69, 9.17) is 5.73 Å². The van der Waals surface area contributed by atoms with Gasteiger partial charge in [-0.2, -0.15) is 0 Å². The number of amides is 1. The van der Waals surface area contributed by atoms with Crippen molar-refractivity contribution in [3.05, 3.63) is 29.8 Å². The molecule has 1 aromatic carbocycles. The summed E-state index contributed by atoms with van der Waals surface area (Å²) < 4.78 is 24.4. The molecule has 0 radical (unpaired) electrons. The molecule has 1 aromatic rings. The molecule has 1 aliphatic rings. The van der Waals surface area contributed by atoms with Crippen LogP contribution in [-0.4, -0.2) is 20.6 Å². The van der Waals surface area contributed by atoms with E-state index in [0.717, 1.165) is 24.7 Å². The Bertz CT molecular complexity index is 545. The highest BCUT2D eigenvalue weighted by Crippen LogP contribution is 2.47. The molecule has 92 valence electrons. The van der Waals surface area contributed by atoms with Gasteiger partial charge in [0, 0.05) is 5.69 Å². The lowest BCUT2D eigenvalue weighted by Gasteiger charge is -2.12. The van der Waals surface area contributed by atoms with Crippen molar-refractivity contribution in [1.82, 2.24) is 0 Å². The van der Waals surface area contributed by atoms with Crippen LogP contribution in [0.25, 0.3) is 0 Å². The molecule has 1 fully saturated rings. The Morgan fingerprint density at radius 3 is 2.18 bits per heavy atom. The molecule has 1 aliphatic carbocycles. The molecule has 0 unspecified atom stereocenters. The zero-order valence-corrected chi connectivity index (χ0v) is 10.3. The van der Waals surface area contributed by atoms with Crippen LogP contribution in [0.2, 0.25) is 0 Å². The fourth-order valence-corrected chi connectivity index (χ4v) is 2.44. The lowest BCUT2D eigenvalue weighted by atomic mass is 9.95. The van der Waals surface area contributed by atoms with Gasteiger partial charge in [0.05, 0.1) is 11.7 Å². The van der Waals surface area contributed by atoms with Crippen LogP contribution in [0.4, 0.5) is 5.69 Å². The van der Waals surface area contributed by atoms with Gasteiger partial charge in [-0.15, -0.1) is 0 Å². The fraction of sp³-hybridized carbons (Fsp3) is 0.364. The molecule has 0 bridgehead atoms. The number of benzene rings is 1. The molecule has 5 nitrogen and oxygen atoms in total. The Hall–Kier alpha value is -1.56. The van der Waals surface area contributed by atoms with Gasteiger partial charge in [-0.25, -0.2) is 8.42 Å². The number of rotatable bonds is 4. The van der Waals surface area contributed by atoms with Gasteiger partial charge in [0.2, 0.25) is 15.9 Å². The van der Waals surface area contributed by atoms with Crippen LogP contribution in [-0.2, 0) is 20.2 Å². The number of nitrogens with one attached hydrogen (secondary N) is 1. The van der Waals surface area contributed by atoms with Crippen LogP contribution < -0.4 is 10.5 Å². The zero-order valence-electron chi connectivity index (χ0n) is 9.43. The van der Waals surface area contributed by atoms with Gasteiger partial charge < -0.3 is 5.73 Å². The normalized spacial score (nSPS) is 17.5. The van der Waals surface area contributed by atoms with E-state index in [1.165, 1.54) is 0 Å². The molecule has 3 N–H and O–H groups in total. The monoisotopic (exact) mass is 254 g/mol.